The zero-order valence-corrected chi connectivity index (χ0v) is 10.8. The van der Waals surface area contributed by atoms with Gasteiger partial charge in [0.1, 0.15) is 17.3 Å². The molecular weight excluding hydrogens is 248 g/mol. The van der Waals surface area contributed by atoms with Crippen LogP contribution in [0, 0.1) is 18.6 Å². The maximum atomic E-state index is 13.9. The molecule has 0 saturated carbocycles. The van der Waals surface area contributed by atoms with Gasteiger partial charge in [-0.05, 0) is 42.3 Å². The number of halogens is 2. The van der Waals surface area contributed by atoms with Crippen LogP contribution in [-0.4, -0.2) is 12.2 Å². The van der Waals surface area contributed by atoms with Crippen molar-refractivity contribution < 1.29 is 13.9 Å². The van der Waals surface area contributed by atoms with Crippen molar-refractivity contribution in [2.75, 3.05) is 11.9 Å². The van der Waals surface area contributed by atoms with Crippen LogP contribution < -0.4 is 4.90 Å². The van der Waals surface area contributed by atoms with Crippen LogP contribution in [0.2, 0.25) is 0 Å². The molecule has 2 aromatic carbocycles. The fraction of sp³-hybridized carbons (Fsp3) is 0.200. The fourth-order valence-corrected chi connectivity index (χ4v) is 2.00. The lowest BCUT2D eigenvalue weighted by atomic mass is 10.1. The van der Waals surface area contributed by atoms with Crippen LogP contribution in [0.25, 0.3) is 0 Å². The van der Waals surface area contributed by atoms with Gasteiger partial charge in [0.2, 0.25) is 0 Å². The molecule has 0 aromatic heterocycles. The molecule has 0 saturated heterocycles. The number of hydrogen-bond donors (Lipinski definition) is 1. The molecule has 0 radical (unpaired) electrons. The van der Waals surface area contributed by atoms with Crippen molar-refractivity contribution in [3.63, 3.8) is 0 Å². The molecule has 0 aliphatic rings. The Morgan fingerprint density at radius 2 is 1.74 bits per heavy atom. The van der Waals surface area contributed by atoms with Crippen LogP contribution in [0.5, 0.6) is 0 Å². The first-order chi connectivity index (χ1) is 9.02. The van der Waals surface area contributed by atoms with E-state index in [1.807, 2.05) is 25.1 Å². The van der Waals surface area contributed by atoms with E-state index in [1.165, 1.54) is 4.90 Å². The summed E-state index contributed by atoms with van der Waals surface area (Å²) >= 11 is 0. The van der Waals surface area contributed by atoms with Crippen molar-refractivity contribution in [3.05, 3.63) is 59.2 Å². The van der Waals surface area contributed by atoms with E-state index < -0.39 is 11.6 Å². The zero-order chi connectivity index (χ0) is 14.0. The topological polar surface area (TPSA) is 23.5 Å². The highest BCUT2D eigenvalue weighted by Gasteiger charge is 2.16. The summed E-state index contributed by atoms with van der Waals surface area (Å²) in [5.74, 6) is -1.37. The van der Waals surface area contributed by atoms with Crippen molar-refractivity contribution in [3.8, 4) is 0 Å². The second-order valence-electron chi connectivity index (χ2n) is 4.46. The lowest BCUT2D eigenvalue weighted by Crippen LogP contribution is -2.13. The van der Waals surface area contributed by atoms with Gasteiger partial charge in [0.25, 0.3) is 0 Å². The second-order valence-corrected chi connectivity index (χ2v) is 4.46. The van der Waals surface area contributed by atoms with Gasteiger partial charge in [-0.25, -0.2) is 8.78 Å². The number of nitrogens with zero attached hydrogens (tertiary/aromatic N) is 1. The summed E-state index contributed by atoms with van der Waals surface area (Å²) in [5.41, 5.74) is 1.81. The van der Waals surface area contributed by atoms with Gasteiger partial charge < -0.3 is 10.0 Å². The summed E-state index contributed by atoms with van der Waals surface area (Å²) < 4.78 is 27.9. The average molecular weight is 263 g/mol. The highest BCUT2D eigenvalue weighted by atomic mass is 19.1. The highest BCUT2D eigenvalue weighted by molar-refractivity contribution is 5.64. The van der Waals surface area contributed by atoms with Crippen molar-refractivity contribution in [1.82, 2.24) is 0 Å². The van der Waals surface area contributed by atoms with E-state index >= 15 is 0 Å². The van der Waals surface area contributed by atoms with E-state index in [9.17, 15) is 8.78 Å². The molecule has 0 aliphatic carbocycles. The molecule has 100 valence electrons. The molecule has 0 amide bonds. The largest absolute Gasteiger partial charge is 0.392 e. The van der Waals surface area contributed by atoms with Crippen molar-refractivity contribution in [2.45, 2.75) is 13.5 Å². The Labute approximate surface area is 110 Å². The lowest BCUT2D eigenvalue weighted by Gasteiger charge is -2.21. The smallest absolute Gasteiger partial charge is 0.150 e. The summed E-state index contributed by atoms with van der Waals surface area (Å²) in [6, 6.07) is 9.66. The standard InChI is InChI=1S/C15H15F2NO/c1-10-4-3-5-12(6-10)18(2)15-13(16)7-11(9-19)8-14(15)17/h3-8,19H,9H2,1-2H3. The summed E-state index contributed by atoms with van der Waals surface area (Å²) in [7, 11) is 1.61. The summed E-state index contributed by atoms with van der Waals surface area (Å²) in [4.78, 5) is 1.46. The average Bonchev–Trinajstić information content (AvgIpc) is 2.37. The molecule has 0 bridgehead atoms. The molecule has 4 heteroatoms. The Bertz CT molecular complexity index is 575. The van der Waals surface area contributed by atoms with E-state index in [1.54, 1.807) is 13.1 Å². The Balaban J connectivity index is 2.47. The minimum Gasteiger partial charge on any atom is -0.392 e. The maximum absolute atomic E-state index is 13.9. The lowest BCUT2D eigenvalue weighted by molar-refractivity contribution is 0.280. The van der Waals surface area contributed by atoms with Crippen molar-refractivity contribution in [2.24, 2.45) is 0 Å². The maximum Gasteiger partial charge on any atom is 0.150 e. The first kappa shape index (κ1) is 13.5. The number of hydrogen-bond acceptors (Lipinski definition) is 2. The SMILES string of the molecule is Cc1cccc(N(C)c2c(F)cc(CO)cc2F)c1. The molecule has 2 rings (SSSR count). The number of anilines is 2. The highest BCUT2D eigenvalue weighted by Crippen LogP contribution is 2.30. The third-order valence-electron chi connectivity index (χ3n) is 2.98. The summed E-state index contributed by atoms with van der Waals surface area (Å²) in [6.45, 7) is 1.53. The third kappa shape index (κ3) is 2.74. The van der Waals surface area contributed by atoms with Crippen LogP contribution in [-0.2, 0) is 6.61 Å². The normalized spacial score (nSPS) is 10.6. The molecule has 19 heavy (non-hydrogen) atoms. The van der Waals surface area contributed by atoms with Gasteiger partial charge >= 0.3 is 0 Å². The van der Waals surface area contributed by atoms with E-state index in [4.69, 9.17) is 5.11 Å². The molecule has 1 N–H and O–H groups in total. The molecule has 2 nitrogen and oxygen atoms in total. The van der Waals surface area contributed by atoms with E-state index in [0.717, 1.165) is 17.7 Å². The minimum absolute atomic E-state index is 0.122. The van der Waals surface area contributed by atoms with Crippen LogP contribution in [0.4, 0.5) is 20.2 Å². The number of rotatable bonds is 3. The Hall–Kier alpha value is -1.94. The van der Waals surface area contributed by atoms with Crippen LogP contribution in [0.15, 0.2) is 36.4 Å². The monoisotopic (exact) mass is 263 g/mol. The zero-order valence-electron chi connectivity index (χ0n) is 10.8. The Morgan fingerprint density at radius 1 is 1.11 bits per heavy atom. The van der Waals surface area contributed by atoms with E-state index in [0.29, 0.717) is 5.69 Å². The van der Waals surface area contributed by atoms with Crippen LogP contribution in [0.3, 0.4) is 0 Å². The van der Waals surface area contributed by atoms with Gasteiger partial charge in [-0.3, -0.25) is 0 Å². The van der Waals surface area contributed by atoms with Gasteiger partial charge in [-0.2, -0.15) is 0 Å². The quantitative estimate of drug-likeness (QED) is 0.915. The van der Waals surface area contributed by atoms with Crippen LogP contribution >= 0.6 is 0 Å². The number of benzene rings is 2. The van der Waals surface area contributed by atoms with Gasteiger partial charge in [0.05, 0.1) is 6.61 Å². The summed E-state index contributed by atoms with van der Waals surface area (Å²) in [6.07, 6.45) is 0. The molecular formula is C15H15F2NO. The molecule has 0 unspecified atom stereocenters. The van der Waals surface area contributed by atoms with Crippen LogP contribution in [0.1, 0.15) is 11.1 Å². The number of aryl methyl sites for hydroxylation is 1. The van der Waals surface area contributed by atoms with E-state index in [2.05, 4.69) is 0 Å². The van der Waals surface area contributed by atoms with Crippen molar-refractivity contribution in [1.29, 1.82) is 0 Å². The predicted octanol–water partition coefficient (Wildman–Crippen LogP) is 3.53. The second kappa shape index (κ2) is 5.36. The molecule has 0 heterocycles. The van der Waals surface area contributed by atoms with E-state index in [-0.39, 0.29) is 17.9 Å². The molecule has 0 spiro atoms. The van der Waals surface area contributed by atoms with Crippen molar-refractivity contribution >= 4 is 11.4 Å². The molecule has 0 atom stereocenters. The first-order valence-electron chi connectivity index (χ1n) is 5.92. The minimum atomic E-state index is -0.687. The van der Waals surface area contributed by atoms with Gasteiger partial charge in [-0.15, -0.1) is 0 Å². The number of aliphatic hydroxyl groups is 1. The Kier molecular flexibility index (Phi) is 3.81. The van der Waals surface area contributed by atoms with Gasteiger partial charge in [0.15, 0.2) is 0 Å². The predicted molar refractivity (Wildman–Crippen MR) is 71.5 cm³/mol. The fourth-order valence-electron chi connectivity index (χ4n) is 2.00. The van der Waals surface area contributed by atoms with Gasteiger partial charge in [-0.1, -0.05) is 12.1 Å². The van der Waals surface area contributed by atoms with Gasteiger partial charge in [0, 0.05) is 12.7 Å². The third-order valence-corrected chi connectivity index (χ3v) is 2.98. The molecule has 0 aliphatic heterocycles. The molecule has 0 fully saturated rings. The first-order valence-corrected chi connectivity index (χ1v) is 5.92. The summed E-state index contributed by atoms with van der Waals surface area (Å²) in [5, 5.41) is 8.92. The Morgan fingerprint density at radius 3 is 2.26 bits per heavy atom. The number of aliphatic hydroxyl groups excluding tert-OH is 1. The molecule has 2 aromatic rings.